The van der Waals surface area contributed by atoms with Crippen molar-refractivity contribution in [3.8, 4) is 11.5 Å². The van der Waals surface area contributed by atoms with Crippen molar-refractivity contribution in [2.45, 2.75) is 6.10 Å². The molecule has 0 amide bonds. The third-order valence-corrected chi connectivity index (χ3v) is 2.63. The van der Waals surface area contributed by atoms with Crippen LogP contribution in [0.3, 0.4) is 0 Å². The molecule has 102 valence electrons. The second kappa shape index (κ2) is 6.24. The van der Waals surface area contributed by atoms with Crippen LogP contribution >= 0.6 is 0 Å². The molecule has 1 saturated heterocycles. The van der Waals surface area contributed by atoms with E-state index in [1.807, 2.05) is 6.07 Å². The molecule has 0 spiro atoms. The summed E-state index contributed by atoms with van der Waals surface area (Å²) >= 11 is 0. The van der Waals surface area contributed by atoms with Gasteiger partial charge in [-0.1, -0.05) is 6.07 Å². The zero-order valence-electron chi connectivity index (χ0n) is 10.9. The Kier molecular flexibility index (Phi) is 4.41. The molecule has 1 aromatic carbocycles. The summed E-state index contributed by atoms with van der Waals surface area (Å²) in [5, 5.41) is 0. The largest absolute Gasteiger partial charge is 0.493 e. The highest BCUT2D eigenvalue weighted by atomic mass is 16.6. The summed E-state index contributed by atoms with van der Waals surface area (Å²) < 4.78 is 20.2. The van der Waals surface area contributed by atoms with E-state index in [1.165, 1.54) is 6.08 Å². The van der Waals surface area contributed by atoms with E-state index in [2.05, 4.69) is 0 Å². The highest BCUT2D eigenvalue weighted by Gasteiger charge is 2.23. The van der Waals surface area contributed by atoms with Gasteiger partial charge in [-0.2, -0.15) is 0 Å². The third-order valence-electron chi connectivity index (χ3n) is 2.63. The predicted octanol–water partition coefficient (Wildman–Crippen LogP) is 1.66. The molecule has 0 aromatic heterocycles. The number of esters is 1. The van der Waals surface area contributed by atoms with Crippen LogP contribution in [-0.2, 0) is 14.3 Å². The second-order valence-corrected chi connectivity index (χ2v) is 4.03. The van der Waals surface area contributed by atoms with E-state index in [4.69, 9.17) is 18.9 Å². The summed E-state index contributed by atoms with van der Waals surface area (Å²) in [6.45, 7) is 0.988. The summed E-state index contributed by atoms with van der Waals surface area (Å²) in [6.07, 6.45) is 3.13. The van der Waals surface area contributed by atoms with E-state index in [9.17, 15) is 4.79 Å². The molecular weight excluding hydrogens is 248 g/mol. The third kappa shape index (κ3) is 3.99. The van der Waals surface area contributed by atoms with Gasteiger partial charge in [0.1, 0.15) is 12.7 Å². The minimum atomic E-state index is -0.384. The fourth-order valence-corrected chi connectivity index (χ4v) is 1.51. The topological polar surface area (TPSA) is 57.3 Å². The van der Waals surface area contributed by atoms with Gasteiger partial charge < -0.3 is 18.9 Å². The number of carbonyl (C=O) groups excluding carboxylic acids is 1. The summed E-state index contributed by atoms with van der Waals surface area (Å²) in [6, 6.07) is 5.39. The molecule has 1 atom stereocenters. The van der Waals surface area contributed by atoms with Crippen molar-refractivity contribution in [2.24, 2.45) is 0 Å². The molecule has 5 nitrogen and oxygen atoms in total. The van der Waals surface area contributed by atoms with Crippen LogP contribution in [0.4, 0.5) is 0 Å². The Morgan fingerprint density at radius 2 is 2.11 bits per heavy atom. The average molecular weight is 264 g/mol. The van der Waals surface area contributed by atoms with Crippen LogP contribution in [0.15, 0.2) is 24.3 Å². The fourth-order valence-electron chi connectivity index (χ4n) is 1.51. The number of benzene rings is 1. The molecule has 1 unspecified atom stereocenters. The van der Waals surface area contributed by atoms with Gasteiger partial charge in [0.25, 0.3) is 0 Å². The van der Waals surface area contributed by atoms with E-state index in [0.29, 0.717) is 24.7 Å². The van der Waals surface area contributed by atoms with Crippen LogP contribution in [0.2, 0.25) is 0 Å². The van der Waals surface area contributed by atoms with Gasteiger partial charge in [0, 0.05) is 6.08 Å². The number of hydrogen-bond donors (Lipinski definition) is 0. The molecular formula is C14H16O5. The molecule has 0 N–H and O–H groups in total. The maximum atomic E-state index is 11.4. The normalized spacial score (nSPS) is 17.3. The predicted molar refractivity (Wildman–Crippen MR) is 69.3 cm³/mol. The maximum absolute atomic E-state index is 11.4. The number of ether oxygens (including phenoxy) is 4. The molecule has 0 aliphatic carbocycles. The zero-order valence-corrected chi connectivity index (χ0v) is 10.9. The van der Waals surface area contributed by atoms with Crippen molar-refractivity contribution >= 4 is 12.0 Å². The van der Waals surface area contributed by atoms with Crippen molar-refractivity contribution < 1.29 is 23.7 Å². The summed E-state index contributed by atoms with van der Waals surface area (Å²) in [7, 11) is 3.14. The van der Waals surface area contributed by atoms with Crippen molar-refractivity contribution in [3.63, 3.8) is 0 Å². The Balaban J connectivity index is 1.95. The van der Waals surface area contributed by atoms with E-state index in [1.54, 1.807) is 32.4 Å². The summed E-state index contributed by atoms with van der Waals surface area (Å²) in [5.41, 5.74) is 0.831. The number of epoxide rings is 1. The summed E-state index contributed by atoms with van der Waals surface area (Å²) in [4.78, 5) is 11.4. The molecule has 0 radical (unpaired) electrons. The highest BCUT2D eigenvalue weighted by molar-refractivity contribution is 5.87. The minimum Gasteiger partial charge on any atom is -0.493 e. The molecule has 1 fully saturated rings. The van der Waals surface area contributed by atoms with Crippen LogP contribution in [0.1, 0.15) is 5.56 Å². The van der Waals surface area contributed by atoms with Gasteiger partial charge in [0.05, 0.1) is 20.8 Å². The maximum Gasteiger partial charge on any atom is 0.330 e. The van der Waals surface area contributed by atoms with E-state index in [0.717, 1.165) is 5.56 Å². The molecule has 0 saturated carbocycles. The van der Waals surface area contributed by atoms with E-state index >= 15 is 0 Å². The van der Waals surface area contributed by atoms with Crippen LogP contribution in [0.5, 0.6) is 11.5 Å². The van der Waals surface area contributed by atoms with E-state index < -0.39 is 0 Å². The molecule has 1 heterocycles. The van der Waals surface area contributed by atoms with Crippen LogP contribution in [0, 0.1) is 0 Å². The number of carbonyl (C=O) groups is 1. The van der Waals surface area contributed by atoms with Crippen molar-refractivity contribution in [2.75, 3.05) is 27.4 Å². The van der Waals surface area contributed by atoms with Crippen LogP contribution in [-0.4, -0.2) is 39.5 Å². The Labute approximate surface area is 111 Å². The molecule has 1 aliphatic rings. The monoisotopic (exact) mass is 264 g/mol. The first-order chi connectivity index (χ1) is 9.22. The standard InChI is InChI=1S/C14H16O5/c1-16-12-5-3-10(7-13(12)17-2)4-6-14(15)19-9-11-8-18-11/h3-7,11H,8-9H2,1-2H3/b6-4+. The summed E-state index contributed by atoms with van der Waals surface area (Å²) in [5.74, 6) is 0.878. The molecule has 19 heavy (non-hydrogen) atoms. The Bertz CT molecular complexity index is 477. The average Bonchev–Trinajstić information content (AvgIpc) is 3.26. The molecule has 1 aliphatic heterocycles. The van der Waals surface area contributed by atoms with Gasteiger partial charge in [-0.25, -0.2) is 4.79 Å². The zero-order chi connectivity index (χ0) is 13.7. The van der Waals surface area contributed by atoms with Gasteiger partial charge >= 0.3 is 5.97 Å². The Morgan fingerprint density at radius 3 is 2.74 bits per heavy atom. The first-order valence-electron chi connectivity index (χ1n) is 5.91. The SMILES string of the molecule is COc1ccc(/C=C/C(=O)OCC2CO2)cc1OC. The van der Waals surface area contributed by atoms with Gasteiger partial charge in [-0.3, -0.25) is 0 Å². The van der Waals surface area contributed by atoms with Gasteiger partial charge in [-0.15, -0.1) is 0 Å². The van der Waals surface area contributed by atoms with Gasteiger partial charge in [0.15, 0.2) is 11.5 Å². The van der Waals surface area contributed by atoms with Gasteiger partial charge in [0.2, 0.25) is 0 Å². The van der Waals surface area contributed by atoms with Crippen molar-refractivity contribution in [3.05, 3.63) is 29.8 Å². The lowest BCUT2D eigenvalue weighted by atomic mass is 10.2. The lowest BCUT2D eigenvalue weighted by Crippen LogP contribution is -2.06. The van der Waals surface area contributed by atoms with Crippen molar-refractivity contribution in [1.82, 2.24) is 0 Å². The Hall–Kier alpha value is -2.01. The van der Waals surface area contributed by atoms with Gasteiger partial charge in [-0.05, 0) is 23.8 Å². The lowest BCUT2D eigenvalue weighted by Gasteiger charge is -2.07. The number of methoxy groups -OCH3 is 2. The molecule has 5 heteroatoms. The first-order valence-corrected chi connectivity index (χ1v) is 5.91. The molecule has 1 aromatic rings. The van der Waals surface area contributed by atoms with Crippen LogP contribution < -0.4 is 9.47 Å². The number of hydrogen-bond acceptors (Lipinski definition) is 5. The molecule has 2 rings (SSSR count). The Morgan fingerprint density at radius 1 is 1.37 bits per heavy atom. The molecule has 0 bridgehead atoms. The quantitative estimate of drug-likeness (QED) is 0.444. The number of rotatable bonds is 6. The first kappa shape index (κ1) is 13.4. The second-order valence-electron chi connectivity index (χ2n) is 4.03. The minimum absolute atomic E-state index is 0.0819. The van der Waals surface area contributed by atoms with E-state index in [-0.39, 0.29) is 12.1 Å². The fraction of sp³-hybridized carbons (Fsp3) is 0.357. The highest BCUT2D eigenvalue weighted by Crippen LogP contribution is 2.27. The lowest BCUT2D eigenvalue weighted by molar-refractivity contribution is -0.138. The van der Waals surface area contributed by atoms with Crippen molar-refractivity contribution in [1.29, 1.82) is 0 Å². The smallest absolute Gasteiger partial charge is 0.330 e. The van der Waals surface area contributed by atoms with Crippen LogP contribution in [0.25, 0.3) is 6.08 Å².